The van der Waals surface area contributed by atoms with Crippen molar-refractivity contribution in [1.82, 2.24) is 0 Å². The number of aliphatic hydroxyl groups is 1. The number of hydrogen-bond donors (Lipinski definition) is 1. The molecule has 0 aliphatic carbocycles. The number of carbonyl (C=O) groups excluding carboxylic acids is 1. The molecule has 2 heteroatoms. The van der Waals surface area contributed by atoms with E-state index >= 15 is 0 Å². The summed E-state index contributed by atoms with van der Waals surface area (Å²) in [5, 5.41) is 9.68. The van der Waals surface area contributed by atoms with E-state index in [0.29, 0.717) is 5.92 Å². The van der Waals surface area contributed by atoms with Crippen molar-refractivity contribution in [3.05, 3.63) is 12.2 Å². The van der Waals surface area contributed by atoms with Crippen LogP contribution in [-0.4, -0.2) is 17.0 Å². The van der Waals surface area contributed by atoms with Gasteiger partial charge < -0.3 is 5.11 Å². The zero-order valence-corrected chi connectivity index (χ0v) is 9.82. The molecule has 1 N–H and O–H groups in total. The van der Waals surface area contributed by atoms with Crippen LogP contribution < -0.4 is 0 Å². The van der Waals surface area contributed by atoms with Gasteiger partial charge >= 0.3 is 0 Å². The summed E-state index contributed by atoms with van der Waals surface area (Å²) in [7, 11) is 0. The maximum atomic E-state index is 11.5. The monoisotopic (exact) mass is 198 g/mol. The molecule has 2 nitrogen and oxygen atoms in total. The molecule has 0 radical (unpaired) electrons. The number of ketones is 1. The highest BCUT2D eigenvalue weighted by Gasteiger charge is 2.22. The SMILES string of the molecule is CC(C)/C=C/C(=O)[C@@H](C)[C@H](O)C(C)C. The van der Waals surface area contributed by atoms with Crippen LogP contribution in [0.25, 0.3) is 0 Å². The molecular formula is C12H22O2. The molecule has 0 unspecified atom stereocenters. The molecule has 0 amide bonds. The fourth-order valence-corrected chi connectivity index (χ4v) is 1.18. The molecule has 82 valence electrons. The summed E-state index contributed by atoms with van der Waals surface area (Å²) in [6, 6.07) is 0. The van der Waals surface area contributed by atoms with Gasteiger partial charge in [-0.2, -0.15) is 0 Å². The largest absolute Gasteiger partial charge is 0.392 e. The lowest BCUT2D eigenvalue weighted by molar-refractivity contribution is -0.121. The topological polar surface area (TPSA) is 37.3 Å². The number of rotatable bonds is 5. The molecule has 0 bridgehead atoms. The number of carbonyl (C=O) groups is 1. The van der Waals surface area contributed by atoms with Crippen LogP contribution in [0, 0.1) is 17.8 Å². The van der Waals surface area contributed by atoms with E-state index in [1.54, 1.807) is 13.0 Å². The van der Waals surface area contributed by atoms with Crippen molar-refractivity contribution in [2.24, 2.45) is 17.8 Å². The van der Waals surface area contributed by atoms with Gasteiger partial charge in [0.05, 0.1) is 6.10 Å². The van der Waals surface area contributed by atoms with E-state index in [0.717, 1.165) is 0 Å². The van der Waals surface area contributed by atoms with Crippen molar-refractivity contribution >= 4 is 5.78 Å². The minimum absolute atomic E-state index is 0.0138. The molecule has 14 heavy (non-hydrogen) atoms. The number of aliphatic hydroxyl groups excluding tert-OH is 1. The first kappa shape index (κ1) is 13.4. The first-order valence-corrected chi connectivity index (χ1v) is 5.26. The standard InChI is InChI=1S/C12H22O2/c1-8(2)6-7-11(13)10(5)12(14)9(3)4/h6-10,12,14H,1-5H3/b7-6+/t10-,12-/m1/s1. The Morgan fingerprint density at radius 3 is 2.00 bits per heavy atom. The minimum Gasteiger partial charge on any atom is -0.392 e. The molecule has 0 aliphatic rings. The van der Waals surface area contributed by atoms with Crippen molar-refractivity contribution in [2.45, 2.75) is 40.7 Å². The highest BCUT2D eigenvalue weighted by Crippen LogP contribution is 2.14. The Bertz CT molecular complexity index is 204. The summed E-state index contributed by atoms with van der Waals surface area (Å²) >= 11 is 0. The average molecular weight is 198 g/mol. The molecule has 2 atom stereocenters. The zero-order chi connectivity index (χ0) is 11.3. The van der Waals surface area contributed by atoms with Gasteiger partial charge in [-0.15, -0.1) is 0 Å². The summed E-state index contributed by atoms with van der Waals surface area (Å²) in [5.74, 6) is 0.216. The molecule has 0 saturated heterocycles. The third-order valence-electron chi connectivity index (χ3n) is 2.29. The molecule has 0 aromatic heterocycles. The summed E-state index contributed by atoms with van der Waals surface area (Å²) in [5.41, 5.74) is 0. The Balaban J connectivity index is 4.25. The molecule has 0 rings (SSSR count). The van der Waals surface area contributed by atoms with Crippen LogP contribution >= 0.6 is 0 Å². The quantitative estimate of drug-likeness (QED) is 0.689. The second kappa shape index (κ2) is 5.97. The third-order valence-corrected chi connectivity index (χ3v) is 2.29. The highest BCUT2D eigenvalue weighted by atomic mass is 16.3. The Hall–Kier alpha value is -0.630. The third kappa shape index (κ3) is 4.56. The lowest BCUT2D eigenvalue weighted by atomic mass is 9.91. The van der Waals surface area contributed by atoms with Crippen molar-refractivity contribution in [1.29, 1.82) is 0 Å². The number of allylic oxidation sites excluding steroid dienone is 2. The van der Waals surface area contributed by atoms with Crippen LogP contribution in [0.3, 0.4) is 0 Å². The van der Waals surface area contributed by atoms with E-state index in [9.17, 15) is 9.90 Å². The van der Waals surface area contributed by atoms with Gasteiger partial charge in [0.15, 0.2) is 5.78 Å². The minimum atomic E-state index is -0.542. The van der Waals surface area contributed by atoms with Crippen LogP contribution in [-0.2, 0) is 4.79 Å². The fraction of sp³-hybridized carbons (Fsp3) is 0.750. The summed E-state index contributed by atoms with van der Waals surface area (Å²) in [4.78, 5) is 11.5. The molecule has 0 aromatic rings. The predicted octanol–water partition coefficient (Wildman–Crippen LogP) is 2.42. The van der Waals surface area contributed by atoms with Crippen LogP contribution in [0.4, 0.5) is 0 Å². The Morgan fingerprint density at radius 2 is 1.64 bits per heavy atom. The fourth-order valence-electron chi connectivity index (χ4n) is 1.18. The van der Waals surface area contributed by atoms with Crippen LogP contribution in [0.15, 0.2) is 12.2 Å². The molecule has 0 heterocycles. The van der Waals surface area contributed by atoms with E-state index < -0.39 is 6.10 Å². The predicted molar refractivity (Wildman–Crippen MR) is 59.0 cm³/mol. The van der Waals surface area contributed by atoms with E-state index in [2.05, 4.69) is 0 Å². The zero-order valence-electron chi connectivity index (χ0n) is 9.82. The van der Waals surface area contributed by atoms with Gasteiger partial charge in [0, 0.05) is 5.92 Å². The molecule has 0 fully saturated rings. The maximum absolute atomic E-state index is 11.5. The van der Waals surface area contributed by atoms with Gasteiger partial charge in [0.1, 0.15) is 0 Å². The number of hydrogen-bond acceptors (Lipinski definition) is 2. The maximum Gasteiger partial charge on any atom is 0.160 e. The second-order valence-corrected chi connectivity index (χ2v) is 4.53. The van der Waals surface area contributed by atoms with Gasteiger partial charge in [0.2, 0.25) is 0 Å². The first-order chi connectivity index (χ1) is 6.36. The normalized spacial score (nSPS) is 16.6. The van der Waals surface area contributed by atoms with Gasteiger partial charge in [-0.25, -0.2) is 0 Å². The Morgan fingerprint density at radius 1 is 1.14 bits per heavy atom. The molecule has 0 spiro atoms. The van der Waals surface area contributed by atoms with Crippen molar-refractivity contribution < 1.29 is 9.90 Å². The van der Waals surface area contributed by atoms with Crippen molar-refractivity contribution in [3.8, 4) is 0 Å². The molecule has 0 aromatic carbocycles. The summed E-state index contributed by atoms with van der Waals surface area (Å²) < 4.78 is 0. The smallest absolute Gasteiger partial charge is 0.160 e. The van der Waals surface area contributed by atoms with E-state index in [4.69, 9.17) is 0 Å². The Kier molecular flexibility index (Phi) is 5.70. The Labute approximate surface area is 87.0 Å². The van der Waals surface area contributed by atoms with Crippen LogP contribution in [0.1, 0.15) is 34.6 Å². The van der Waals surface area contributed by atoms with Crippen LogP contribution in [0.2, 0.25) is 0 Å². The van der Waals surface area contributed by atoms with E-state index in [1.165, 1.54) is 0 Å². The van der Waals surface area contributed by atoms with E-state index in [-0.39, 0.29) is 17.6 Å². The lowest BCUT2D eigenvalue weighted by Crippen LogP contribution is -2.29. The van der Waals surface area contributed by atoms with Gasteiger partial charge in [-0.3, -0.25) is 4.79 Å². The van der Waals surface area contributed by atoms with Gasteiger partial charge in [0.25, 0.3) is 0 Å². The van der Waals surface area contributed by atoms with Crippen LogP contribution in [0.5, 0.6) is 0 Å². The molecular weight excluding hydrogens is 176 g/mol. The summed E-state index contributed by atoms with van der Waals surface area (Å²) in [6.07, 6.45) is 2.91. The van der Waals surface area contributed by atoms with E-state index in [1.807, 2.05) is 33.8 Å². The van der Waals surface area contributed by atoms with Crippen molar-refractivity contribution in [3.63, 3.8) is 0 Å². The molecule has 0 saturated carbocycles. The summed E-state index contributed by atoms with van der Waals surface area (Å²) in [6.45, 7) is 9.65. The van der Waals surface area contributed by atoms with Crippen molar-refractivity contribution in [2.75, 3.05) is 0 Å². The average Bonchev–Trinajstić information content (AvgIpc) is 2.11. The lowest BCUT2D eigenvalue weighted by Gasteiger charge is -2.19. The highest BCUT2D eigenvalue weighted by molar-refractivity contribution is 5.91. The first-order valence-electron chi connectivity index (χ1n) is 5.26. The molecule has 0 aliphatic heterocycles. The van der Waals surface area contributed by atoms with Gasteiger partial charge in [-0.1, -0.05) is 40.7 Å². The second-order valence-electron chi connectivity index (χ2n) is 4.53. The van der Waals surface area contributed by atoms with Gasteiger partial charge in [-0.05, 0) is 17.9 Å².